The number of morpholine rings is 1. The smallest absolute Gasteiger partial charge is 0.0730 e. The molecule has 0 bridgehead atoms. The average molecular weight is 225 g/mol. The van der Waals surface area contributed by atoms with Gasteiger partial charge in [0, 0.05) is 25.7 Å². The summed E-state index contributed by atoms with van der Waals surface area (Å²) in [5.74, 6) is 0. The van der Waals surface area contributed by atoms with Crippen molar-refractivity contribution in [3.05, 3.63) is 0 Å². The fraction of sp³-hybridized carbons (Fsp3) is 1.00. The van der Waals surface area contributed by atoms with E-state index in [0.717, 1.165) is 26.3 Å². The highest BCUT2D eigenvalue weighted by molar-refractivity contribution is 4.88. The van der Waals surface area contributed by atoms with E-state index in [9.17, 15) is 0 Å². The van der Waals surface area contributed by atoms with E-state index in [1.807, 2.05) is 0 Å². The molecule has 0 aromatic rings. The highest BCUT2D eigenvalue weighted by atomic mass is 16.5. The Morgan fingerprint density at radius 2 is 1.88 bits per heavy atom. The van der Waals surface area contributed by atoms with E-state index in [0.29, 0.717) is 18.2 Å². The maximum absolute atomic E-state index is 5.89. The van der Waals surface area contributed by atoms with Crippen molar-refractivity contribution in [1.29, 1.82) is 0 Å². The molecule has 1 saturated carbocycles. The fourth-order valence-electron chi connectivity index (χ4n) is 3.45. The number of hydrogen-bond acceptors (Lipinski definition) is 3. The van der Waals surface area contributed by atoms with Gasteiger partial charge in [0.2, 0.25) is 0 Å². The van der Waals surface area contributed by atoms with Gasteiger partial charge in [-0.3, -0.25) is 4.90 Å². The third kappa shape index (κ3) is 2.27. The van der Waals surface area contributed by atoms with Gasteiger partial charge in [-0.05, 0) is 25.7 Å². The second kappa shape index (κ2) is 5.03. The Hall–Kier alpha value is -0.120. The SMILES string of the molecule is C1CO[C@H](CN2CCO[C@@H]3CCCC[C@H]32)C1. The van der Waals surface area contributed by atoms with Crippen LogP contribution >= 0.6 is 0 Å². The molecule has 0 spiro atoms. The largest absolute Gasteiger partial charge is 0.377 e. The number of hydrogen-bond donors (Lipinski definition) is 0. The highest BCUT2D eigenvalue weighted by Gasteiger charge is 2.35. The van der Waals surface area contributed by atoms with Gasteiger partial charge in [0.15, 0.2) is 0 Å². The van der Waals surface area contributed by atoms with Crippen LogP contribution in [0.1, 0.15) is 38.5 Å². The first-order chi connectivity index (χ1) is 7.93. The molecule has 1 aliphatic carbocycles. The Labute approximate surface area is 98.1 Å². The van der Waals surface area contributed by atoms with Crippen LogP contribution < -0.4 is 0 Å². The maximum atomic E-state index is 5.89. The summed E-state index contributed by atoms with van der Waals surface area (Å²) >= 11 is 0. The lowest BCUT2D eigenvalue weighted by molar-refractivity contribution is -0.0983. The molecule has 0 N–H and O–H groups in total. The molecule has 0 aromatic carbocycles. The second-order valence-electron chi connectivity index (χ2n) is 5.39. The minimum Gasteiger partial charge on any atom is -0.377 e. The Bertz CT molecular complexity index is 226. The van der Waals surface area contributed by atoms with Crippen LogP contribution in [-0.4, -0.2) is 49.5 Å². The zero-order valence-electron chi connectivity index (χ0n) is 10.1. The second-order valence-corrected chi connectivity index (χ2v) is 5.39. The topological polar surface area (TPSA) is 21.7 Å². The molecule has 3 heteroatoms. The van der Waals surface area contributed by atoms with Crippen molar-refractivity contribution in [3.8, 4) is 0 Å². The van der Waals surface area contributed by atoms with Crippen LogP contribution in [0.5, 0.6) is 0 Å². The molecule has 3 nitrogen and oxygen atoms in total. The summed E-state index contributed by atoms with van der Waals surface area (Å²) in [5.41, 5.74) is 0. The first-order valence-corrected chi connectivity index (χ1v) is 6.91. The quantitative estimate of drug-likeness (QED) is 0.715. The summed E-state index contributed by atoms with van der Waals surface area (Å²) in [6, 6.07) is 0.687. The van der Waals surface area contributed by atoms with Gasteiger partial charge in [-0.1, -0.05) is 12.8 Å². The minimum atomic E-state index is 0.501. The van der Waals surface area contributed by atoms with E-state index in [4.69, 9.17) is 9.47 Å². The minimum absolute atomic E-state index is 0.501. The van der Waals surface area contributed by atoms with Crippen molar-refractivity contribution < 1.29 is 9.47 Å². The first kappa shape index (κ1) is 11.0. The molecule has 3 aliphatic rings. The molecule has 92 valence electrons. The van der Waals surface area contributed by atoms with Crippen LogP contribution in [0.3, 0.4) is 0 Å². The molecule has 3 fully saturated rings. The van der Waals surface area contributed by atoms with Crippen LogP contribution in [0.2, 0.25) is 0 Å². The van der Waals surface area contributed by atoms with Crippen LogP contribution in [0.25, 0.3) is 0 Å². The molecule has 0 radical (unpaired) electrons. The van der Waals surface area contributed by atoms with E-state index in [-0.39, 0.29) is 0 Å². The molecule has 2 saturated heterocycles. The van der Waals surface area contributed by atoms with Crippen molar-refractivity contribution in [2.75, 3.05) is 26.3 Å². The third-order valence-corrected chi connectivity index (χ3v) is 4.31. The Morgan fingerprint density at radius 1 is 0.938 bits per heavy atom. The molecule has 0 unspecified atom stereocenters. The van der Waals surface area contributed by atoms with Gasteiger partial charge in [-0.2, -0.15) is 0 Å². The molecule has 0 amide bonds. The molecular weight excluding hydrogens is 202 g/mol. The predicted octanol–water partition coefficient (Wildman–Crippen LogP) is 1.81. The van der Waals surface area contributed by atoms with Crippen LogP contribution in [0.15, 0.2) is 0 Å². The zero-order chi connectivity index (χ0) is 10.8. The summed E-state index contributed by atoms with van der Waals surface area (Å²) in [4.78, 5) is 2.64. The van der Waals surface area contributed by atoms with Gasteiger partial charge in [0.1, 0.15) is 0 Å². The lowest BCUT2D eigenvalue weighted by atomic mass is 9.90. The average Bonchev–Trinajstić information content (AvgIpc) is 2.82. The van der Waals surface area contributed by atoms with Gasteiger partial charge in [0.05, 0.1) is 18.8 Å². The zero-order valence-corrected chi connectivity index (χ0v) is 10.1. The van der Waals surface area contributed by atoms with Crippen molar-refractivity contribution in [3.63, 3.8) is 0 Å². The molecule has 16 heavy (non-hydrogen) atoms. The van der Waals surface area contributed by atoms with Crippen LogP contribution in [0, 0.1) is 0 Å². The molecular formula is C13H23NO2. The van der Waals surface area contributed by atoms with E-state index >= 15 is 0 Å². The van der Waals surface area contributed by atoms with E-state index < -0.39 is 0 Å². The summed E-state index contributed by atoms with van der Waals surface area (Å²) in [6.45, 7) is 4.16. The van der Waals surface area contributed by atoms with Crippen molar-refractivity contribution >= 4 is 0 Å². The summed E-state index contributed by atoms with van der Waals surface area (Å²) < 4.78 is 11.6. The molecule has 2 aliphatic heterocycles. The third-order valence-electron chi connectivity index (χ3n) is 4.31. The number of rotatable bonds is 2. The fourth-order valence-corrected chi connectivity index (χ4v) is 3.45. The maximum Gasteiger partial charge on any atom is 0.0730 e. The Kier molecular flexibility index (Phi) is 3.46. The molecule has 3 rings (SSSR count). The summed E-state index contributed by atoms with van der Waals surface area (Å²) in [5, 5.41) is 0. The van der Waals surface area contributed by atoms with Gasteiger partial charge >= 0.3 is 0 Å². The van der Waals surface area contributed by atoms with Gasteiger partial charge in [0.25, 0.3) is 0 Å². The van der Waals surface area contributed by atoms with Crippen LogP contribution in [-0.2, 0) is 9.47 Å². The summed E-state index contributed by atoms with van der Waals surface area (Å²) in [7, 11) is 0. The summed E-state index contributed by atoms with van der Waals surface area (Å²) in [6.07, 6.45) is 8.87. The molecule has 3 atom stereocenters. The van der Waals surface area contributed by atoms with Gasteiger partial charge in [-0.15, -0.1) is 0 Å². The van der Waals surface area contributed by atoms with Crippen molar-refractivity contribution in [2.24, 2.45) is 0 Å². The van der Waals surface area contributed by atoms with E-state index in [2.05, 4.69) is 4.90 Å². The van der Waals surface area contributed by atoms with E-state index in [1.165, 1.54) is 38.5 Å². The number of ether oxygens (including phenoxy) is 2. The lowest BCUT2D eigenvalue weighted by Crippen LogP contribution is -2.54. The normalized spacial score (nSPS) is 40.9. The number of nitrogens with zero attached hydrogens (tertiary/aromatic N) is 1. The lowest BCUT2D eigenvalue weighted by Gasteiger charge is -2.44. The Morgan fingerprint density at radius 3 is 2.75 bits per heavy atom. The molecule has 0 aromatic heterocycles. The predicted molar refractivity (Wildman–Crippen MR) is 62.5 cm³/mol. The van der Waals surface area contributed by atoms with Gasteiger partial charge < -0.3 is 9.47 Å². The monoisotopic (exact) mass is 225 g/mol. The standard InChI is InChI=1S/C13H23NO2/c1-2-6-13-12(5-1)14(7-9-16-13)10-11-4-3-8-15-11/h11-13H,1-10H2/t11-,12+,13+/m0/s1. The van der Waals surface area contributed by atoms with E-state index in [1.54, 1.807) is 0 Å². The van der Waals surface area contributed by atoms with Crippen molar-refractivity contribution in [2.45, 2.75) is 56.8 Å². The highest BCUT2D eigenvalue weighted by Crippen LogP contribution is 2.29. The van der Waals surface area contributed by atoms with Gasteiger partial charge in [-0.25, -0.2) is 0 Å². The first-order valence-electron chi connectivity index (χ1n) is 6.91. The Balaban J connectivity index is 1.59. The van der Waals surface area contributed by atoms with Crippen LogP contribution in [0.4, 0.5) is 0 Å². The number of fused-ring (bicyclic) bond motifs is 1. The molecule has 2 heterocycles. The van der Waals surface area contributed by atoms with Crippen molar-refractivity contribution in [1.82, 2.24) is 4.90 Å².